The van der Waals surface area contributed by atoms with Crippen LogP contribution in [0.15, 0.2) is 36.0 Å². The van der Waals surface area contributed by atoms with Crippen molar-refractivity contribution >= 4 is 17.9 Å². The van der Waals surface area contributed by atoms with E-state index in [4.69, 9.17) is 5.41 Å². The minimum absolute atomic E-state index is 0.110. The number of hydrogen-bond acceptors (Lipinski definition) is 2. The van der Waals surface area contributed by atoms with Gasteiger partial charge >= 0.3 is 6.03 Å². The van der Waals surface area contributed by atoms with Gasteiger partial charge in [0.2, 0.25) is 0 Å². The summed E-state index contributed by atoms with van der Waals surface area (Å²) in [4.78, 5) is 10.9. The molecular formula is C10H9N3O. The molecule has 1 aliphatic rings. The smallest absolute Gasteiger partial charge is 0.304 e. The van der Waals surface area contributed by atoms with E-state index in [2.05, 4.69) is 10.6 Å². The minimum atomic E-state index is -0.350. The van der Waals surface area contributed by atoms with Crippen LogP contribution in [0.1, 0.15) is 5.56 Å². The Balaban J connectivity index is 2.28. The van der Waals surface area contributed by atoms with E-state index in [1.165, 1.54) is 0 Å². The molecule has 1 saturated heterocycles. The molecule has 0 bridgehead atoms. The van der Waals surface area contributed by atoms with E-state index in [1.807, 2.05) is 30.3 Å². The van der Waals surface area contributed by atoms with E-state index in [9.17, 15) is 4.79 Å². The highest BCUT2D eigenvalue weighted by molar-refractivity contribution is 6.15. The van der Waals surface area contributed by atoms with Gasteiger partial charge in [-0.05, 0) is 11.6 Å². The molecule has 0 aliphatic carbocycles. The van der Waals surface area contributed by atoms with E-state index in [-0.39, 0.29) is 11.9 Å². The average Bonchev–Trinajstić information content (AvgIpc) is 2.47. The molecule has 2 rings (SSSR count). The van der Waals surface area contributed by atoms with Crippen LogP contribution in [-0.4, -0.2) is 11.9 Å². The molecule has 0 radical (unpaired) electrons. The van der Waals surface area contributed by atoms with Crippen LogP contribution < -0.4 is 10.6 Å². The zero-order valence-electron chi connectivity index (χ0n) is 7.37. The van der Waals surface area contributed by atoms with Crippen LogP contribution >= 0.6 is 0 Å². The molecule has 0 atom stereocenters. The predicted octanol–water partition coefficient (Wildman–Crippen LogP) is 1.32. The second kappa shape index (κ2) is 3.33. The molecule has 1 aromatic carbocycles. The lowest BCUT2D eigenvalue weighted by atomic mass is 10.2. The van der Waals surface area contributed by atoms with Gasteiger partial charge in [-0.2, -0.15) is 0 Å². The second-order valence-electron chi connectivity index (χ2n) is 2.92. The summed E-state index contributed by atoms with van der Waals surface area (Å²) in [5.74, 6) is 0.110. The van der Waals surface area contributed by atoms with Gasteiger partial charge in [0, 0.05) is 0 Å². The molecular weight excluding hydrogens is 178 g/mol. The lowest BCUT2D eigenvalue weighted by Crippen LogP contribution is -2.21. The topological polar surface area (TPSA) is 65.0 Å². The lowest BCUT2D eigenvalue weighted by Gasteiger charge is -1.95. The molecule has 0 spiro atoms. The molecule has 0 aromatic heterocycles. The fraction of sp³-hybridized carbons (Fsp3) is 0. The first-order valence-corrected chi connectivity index (χ1v) is 4.19. The van der Waals surface area contributed by atoms with Crippen molar-refractivity contribution in [1.29, 1.82) is 5.41 Å². The average molecular weight is 187 g/mol. The number of carbonyl (C=O) groups excluding carboxylic acids is 1. The maximum atomic E-state index is 10.9. The Morgan fingerprint density at radius 3 is 2.43 bits per heavy atom. The molecule has 1 aliphatic heterocycles. The molecule has 2 amide bonds. The Hall–Kier alpha value is -2.10. The largest absolute Gasteiger partial charge is 0.325 e. The molecule has 4 heteroatoms. The third-order valence-electron chi connectivity index (χ3n) is 1.87. The van der Waals surface area contributed by atoms with Crippen LogP contribution in [0.2, 0.25) is 0 Å². The summed E-state index contributed by atoms with van der Waals surface area (Å²) in [5, 5.41) is 12.3. The van der Waals surface area contributed by atoms with Crippen molar-refractivity contribution in [3.63, 3.8) is 0 Å². The zero-order valence-corrected chi connectivity index (χ0v) is 7.37. The third-order valence-corrected chi connectivity index (χ3v) is 1.87. The number of hydrogen-bond donors (Lipinski definition) is 3. The molecule has 0 unspecified atom stereocenters. The number of carbonyl (C=O) groups is 1. The predicted molar refractivity (Wildman–Crippen MR) is 53.8 cm³/mol. The summed E-state index contributed by atoms with van der Waals surface area (Å²) < 4.78 is 0. The van der Waals surface area contributed by atoms with E-state index in [0.717, 1.165) is 5.56 Å². The maximum Gasteiger partial charge on any atom is 0.325 e. The number of urea groups is 1. The van der Waals surface area contributed by atoms with E-state index >= 15 is 0 Å². The quantitative estimate of drug-likeness (QED) is 0.610. The van der Waals surface area contributed by atoms with Gasteiger partial charge in [-0.1, -0.05) is 30.3 Å². The summed E-state index contributed by atoms with van der Waals surface area (Å²) in [6, 6.07) is 9.19. The van der Waals surface area contributed by atoms with Crippen LogP contribution in [0.4, 0.5) is 4.79 Å². The molecule has 1 heterocycles. The van der Waals surface area contributed by atoms with Crippen molar-refractivity contribution in [2.75, 3.05) is 0 Å². The summed E-state index contributed by atoms with van der Waals surface area (Å²) in [6.45, 7) is 0. The normalized spacial score (nSPS) is 18.1. The monoisotopic (exact) mass is 187 g/mol. The SMILES string of the molecule is N=C1NC(=O)NC1=Cc1ccccc1. The van der Waals surface area contributed by atoms with Crippen molar-refractivity contribution < 1.29 is 4.79 Å². The van der Waals surface area contributed by atoms with E-state index < -0.39 is 0 Å². The fourth-order valence-corrected chi connectivity index (χ4v) is 1.22. The van der Waals surface area contributed by atoms with Crippen molar-refractivity contribution in [3.8, 4) is 0 Å². The van der Waals surface area contributed by atoms with Gasteiger partial charge in [0.1, 0.15) is 0 Å². The van der Waals surface area contributed by atoms with Gasteiger partial charge in [-0.3, -0.25) is 10.7 Å². The van der Waals surface area contributed by atoms with Gasteiger partial charge in [-0.25, -0.2) is 4.79 Å². The first kappa shape index (κ1) is 8.50. The molecule has 70 valence electrons. The highest BCUT2D eigenvalue weighted by Gasteiger charge is 2.18. The first-order valence-electron chi connectivity index (χ1n) is 4.19. The standard InChI is InChI=1S/C10H9N3O/c11-9-8(12-10(14)13-9)6-7-4-2-1-3-5-7/h1-6H,(H3,11,12,13,14). The Morgan fingerprint density at radius 1 is 1.14 bits per heavy atom. The fourth-order valence-electron chi connectivity index (χ4n) is 1.22. The van der Waals surface area contributed by atoms with Crippen LogP contribution in [0.25, 0.3) is 6.08 Å². The summed E-state index contributed by atoms with van der Waals surface area (Å²) in [6.07, 6.45) is 1.75. The van der Waals surface area contributed by atoms with Gasteiger partial charge in [0.25, 0.3) is 0 Å². The van der Waals surface area contributed by atoms with Gasteiger partial charge in [-0.15, -0.1) is 0 Å². The summed E-state index contributed by atoms with van der Waals surface area (Å²) in [7, 11) is 0. The lowest BCUT2D eigenvalue weighted by molar-refractivity contribution is 0.250. The Kier molecular flexibility index (Phi) is 2.02. The van der Waals surface area contributed by atoms with Crippen molar-refractivity contribution in [2.24, 2.45) is 0 Å². The highest BCUT2D eigenvalue weighted by atomic mass is 16.2. The highest BCUT2D eigenvalue weighted by Crippen LogP contribution is 2.07. The third kappa shape index (κ3) is 1.64. The van der Waals surface area contributed by atoms with Crippen molar-refractivity contribution in [1.82, 2.24) is 10.6 Å². The molecule has 14 heavy (non-hydrogen) atoms. The Bertz CT molecular complexity index is 409. The molecule has 4 nitrogen and oxygen atoms in total. The van der Waals surface area contributed by atoms with Crippen molar-refractivity contribution in [2.45, 2.75) is 0 Å². The van der Waals surface area contributed by atoms with Gasteiger partial charge in [0.15, 0.2) is 5.84 Å². The molecule has 0 saturated carbocycles. The van der Waals surface area contributed by atoms with Gasteiger partial charge in [0.05, 0.1) is 5.70 Å². The van der Waals surface area contributed by atoms with Gasteiger partial charge < -0.3 is 5.32 Å². The minimum Gasteiger partial charge on any atom is -0.304 e. The van der Waals surface area contributed by atoms with Crippen LogP contribution in [0.3, 0.4) is 0 Å². The van der Waals surface area contributed by atoms with E-state index in [1.54, 1.807) is 6.08 Å². The molecule has 1 aromatic rings. The zero-order chi connectivity index (χ0) is 9.97. The van der Waals surface area contributed by atoms with Crippen LogP contribution in [-0.2, 0) is 0 Å². The first-order chi connectivity index (χ1) is 6.75. The van der Waals surface area contributed by atoms with E-state index in [0.29, 0.717) is 5.70 Å². The number of benzene rings is 1. The second-order valence-corrected chi connectivity index (χ2v) is 2.92. The Labute approximate surface area is 81.1 Å². The number of rotatable bonds is 1. The number of amidine groups is 1. The maximum absolute atomic E-state index is 10.9. The van der Waals surface area contributed by atoms with Crippen molar-refractivity contribution in [3.05, 3.63) is 41.6 Å². The van der Waals surface area contributed by atoms with Crippen LogP contribution in [0, 0.1) is 5.41 Å². The summed E-state index contributed by atoms with van der Waals surface area (Å²) in [5.41, 5.74) is 1.46. The molecule has 3 N–H and O–H groups in total. The summed E-state index contributed by atoms with van der Waals surface area (Å²) >= 11 is 0. The number of amides is 2. The number of nitrogens with one attached hydrogen (secondary N) is 3. The molecule has 1 fully saturated rings. The van der Waals surface area contributed by atoms with Crippen LogP contribution in [0.5, 0.6) is 0 Å². The Morgan fingerprint density at radius 2 is 1.86 bits per heavy atom.